The molecule has 9 nitrogen and oxygen atoms in total. The van der Waals surface area contributed by atoms with E-state index in [0.29, 0.717) is 40.4 Å². The lowest BCUT2D eigenvalue weighted by molar-refractivity contribution is 0.0933. The van der Waals surface area contributed by atoms with Gasteiger partial charge < -0.3 is 15.0 Å². The first-order valence-electron chi connectivity index (χ1n) is 12.3. The number of fused-ring (bicyclic) bond motifs is 1. The maximum atomic E-state index is 13.7. The van der Waals surface area contributed by atoms with Gasteiger partial charge in [-0.2, -0.15) is 10.4 Å². The van der Waals surface area contributed by atoms with E-state index in [1.54, 1.807) is 65.6 Å². The minimum atomic E-state index is -0.534. The van der Waals surface area contributed by atoms with Crippen LogP contribution in [0.4, 0.5) is 11.4 Å². The SMILES string of the molecule is C#Cc1cccc(C(=O)c2ccc(N3C(=O)c4c(C(=O)Nc5ccc(OC)c(C#N)c5)cnn4C[C@@H]3C)cc2)c1. The Kier molecular flexibility index (Phi) is 6.88. The van der Waals surface area contributed by atoms with Crippen molar-refractivity contribution < 1.29 is 19.1 Å². The Morgan fingerprint density at radius 2 is 1.88 bits per heavy atom. The van der Waals surface area contributed by atoms with Gasteiger partial charge in [0.2, 0.25) is 0 Å². The summed E-state index contributed by atoms with van der Waals surface area (Å²) < 4.78 is 6.67. The third-order valence-electron chi connectivity index (χ3n) is 6.66. The summed E-state index contributed by atoms with van der Waals surface area (Å²) in [6.07, 6.45) is 6.82. The Labute approximate surface area is 230 Å². The van der Waals surface area contributed by atoms with Gasteiger partial charge in [-0.3, -0.25) is 19.1 Å². The monoisotopic (exact) mass is 529 g/mol. The van der Waals surface area contributed by atoms with Crippen LogP contribution in [0.5, 0.6) is 5.75 Å². The van der Waals surface area contributed by atoms with Crippen molar-refractivity contribution in [2.75, 3.05) is 17.3 Å². The quantitative estimate of drug-likeness (QED) is 0.294. The number of carbonyl (C=O) groups is 3. The molecule has 2 amide bonds. The first kappa shape index (κ1) is 26.0. The second-order valence-electron chi connectivity index (χ2n) is 9.20. The highest BCUT2D eigenvalue weighted by molar-refractivity contribution is 6.16. The van der Waals surface area contributed by atoms with Gasteiger partial charge in [-0.05, 0) is 61.5 Å². The van der Waals surface area contributed by atoms with Crippen molar-refractivity contribution in [2.24, 2.45) is 0 Å². The molecule has 5 rings (SSSR count). The fourth-order valence-electron chi connectivity index (χ4n) is 4.70. The van der Waals surface area contributed by atoms with Crippen molar-refractivity contribution in [3.8, 4) is 24.2 Å². The topological polar surface area (TPSA) is 117 Å². The number of nitriles is 1. The molecule has 0 radical (unpaired) electrons. The molecule has 0 saturated heterocycles. The van der Waals surface area contributed by atoms with Gasteiger partial charge >= 0.3 is 0 Å². The molecule has 3 aromatic carbocycles. The average molecular weight is 530 g/mol. The Bertz CT molecular complexity index is 1740. The number of benzene rings is 3. The molecular formula is C31H23N5O4. The number of ketones is 1. The van der Waals surface area contributed by atoms with E-state index < -0.39 is 11.8 Å². The molecule has 1 aliphatic heterocycles. The number of carbonyl (C=O) groups excluding carboxylic acids is 3. The van der Waals surface area contributed by atoms with Gasteiger partial charge in [-0.25, -0.2) is 0 Å². The minimum Gasteiger partial charge on any atom is -0.495 e. The first-order chi connectivity index (χ1) is 19.3. The van der Waals surface area contributed by atoms with Crippen LogP contribution in [0.15, 0.2) is 72.9 Å². The average Bonchev–Trinajstić information content (AvgIpc) is 3.41. The van der Waals surface area contributed by atoms with Gasteiger partial charge in [0, 0.05) is 28.1 Å². The molecule has 0 saturated carbocycles. The second-order valence-corrected chi connectivity index (χ2v) is 9.20. The summed E-state index contributed by atoms with van der Waals surface area (Å²) >= 11 is 0. The van der Waals surface area contributed by atoms with Crippen molar-refractivity contribution in [3.05, 3.63) is 106 Å². The van der Waals surface area contributed by atoms with E-state index in [-0.39, 0.29) is 28.6 Å². The molecule has 0 bridgehead atoms. The molecule has 196 valence electrons. The van der Waals surface area contributed by atoms with Crippen LogP contribution in [-0.2, 0) is 6.54 Å². The zero-order valence-electron chi connectivity index (χ0n) is 21.7. The zero-order chi connectivity index (χ0) is 28.4. The highest BCUT2D eigenvalue weighted by atomic mass is 16.5. The second kappa shape index (κ2) is 10.6. The van der Waals surface area contributed by atoms with Crippen molar-refractivity contribution in [1.29, 1.82) is 5.26 Å². The van der Waals surface area contributed by atoms with E-state index in [0.717, 1.165) is 0 Å². The van der Waals surface area contributed by atoms with Crippen molar-refractivity contribution in [2.45, 2.75) is 19.5 Å². The number of anilines is 2. The maximum Gasteiger partial charge on any atom is 0.277 e. The normalized spacial score (nSPS) is 14.1. The molecule has 40 heavy (non-hydrogen) atoms. The number of hydrogen-bond acceptors (Lipinski definition) is 6. The summed E-state index contributed by atoms with van der Waals surface area (Å²) in [5.74, 6) is 1.80. The molecule has 1 atom stereocenters. The van der Waals surface area contributed by atoms with Crippen LogP contribution in [0.1, 0.15) is 54.8 Å². The molecule has 0 spiro atoms. The van der Waals surface area contributed by atoms with E-state index in [1.165, 1.54) is 24.1 Å². The summed E-state index contributed by atoms with van der Waals surface area (Å²) in [6, 6.07) is 20.0. The highest BCUT2D eigenvalue weighted by Gasteiger charge is 2.36. The Morgan fingerprint density at radius 1 is 1.10 bits per heavy atom. The minimum absolute atomic E-state index is 0.108. The van der Waals surface area contributed by atoms with Crippen molar-refractivity contribution >= 4 is 29.0 Å². The number of amides is 2. The highest BCUT2D eigenvalue weighted by Crippen LogP contribution is 2.28. The largest absolute Gasteiger partial charge is 0.495 e. The van der Waals surface area contributed by atoms with Crippen LogP contribution >= 0.6 is 0 Å². The summed E-state index contributed by atoms with van der Waals surface area (Å²) in [4.78, 5) is 41.4. The molecule has 0 aliphatic carbocycles. The number of hydrogen-bond donors (Lipinski definition) is 1. The van der Waals surface area contributed by atoms with Gasteiger partial charge in [0.05, 0.1) is 37.0 Å². The van der Waals surface area contributed by atoms with Crippen LogP contribution in [0, 0.1) is 23.7 Å². The lowest BCUT2D eigenvalue weighted by atomic mass is 10.0. The number of terminal acetylenes is 1. The smallest absolute Gasteiger partial charge is 0.277 e. The Morgan fingerprint density at radius 3 is 2.58 bits per heavy atom. The third kappa shape index (κ3) is 4.68. The molecule has 0 fully saturated rings. The van der Waals surface area contributed by atoms with Gasteiger partial charge in [-0.1, -0.05) is 18.1 Å². The van der Waals surface area contributed by atoms with Gasteiger partial charge in [0.15, 0.2) is 5.78 Å². The van der Waals surface area contributed by atoms with E-state index in [1.807, 2.05) is 13.0 Å². The summed E-state index contributed by atoms with van der Waals surface area (Å²) in [6.45, 7) is 2.25. The van der Waals surface area contributed by atoms with E-state index >= 15 is 0 Å². The zero-order valence-corrected chi connectivity index (χ0v) is 21.7. The first-order valence-corrected chi connectivity index (χ1v) is 12.3. The van der Waals surface area contributed by atoms with Crippen LogP contribution in [-0.4, -0.2) is 40.5 Å². The third-order valence-corrected chi connectivity index (χ3v) is 6.66. The fourth-order valence-corrected chi connectivity index (χ4v) is 4.70. The molecular weight excluding hydrogens is 506 g/mol. The van der Waals surface area contributed by atoms with E-state index in [2.05, 4.69) is 16.3 Å². The van der Waals surface area contributed by atoms with Crippen molar-refractivity contribution in [1.82, 2.24) is 9.78 Å². The number of nitrogens with zero attached hydrogens (tertiary/aromatic N) is 4. The lowest BCUT2D eigenvalue weighted by Crippen LogP contribution is -2.47. The van der Waals surface area contributed by atoms with E-state index in [4.69, 9.17) is 11.2 Å². The standard InChI is InChI=1S/C31H23N5O4/c1-4-20-6-5-7-22(14-20)29(37)21-8-11-25(12-9-21)36-19(2)18-35-28(31(36)39)26(17-33-35)30(38)34-24-10-13-27(40-3)23(15-24)16-32/h1,5-15,17,19H,18H2,2-3H3,(H,34,38)/t19-/m0/s1. The van der Waals surface area contributed by atoms with Crippen molar-refractivity contribution in [3.63, 3.8) is 0 Å². The van der Waals surface area contributed by atoms with Crippen LogP contribution in [0.3, 0.4) is 0 Å². The van der Waals surface area contributed by atoms with Crippen LogP contribution < -0.4 is 15.0 Å². The number of rotatable bonds is 6. The Hall–Kier alpha value is -5.67. The summed E-state index contributed by atoms with van der Waals surface area (Å²) in [5.41, 5.74) is 3.03. The lowest BCUT2D eigenvalue weighted by Gasteiger charge is -2.34. The molecule has 1 aromatic heterocycles. The molecule has 9 heteroatoms. The molecule has 0 unspecified atom stereocenters. The van der Waals surface area contributed by atoms with E-state index in [9.17, 15) is 19.6 Å². The number of aromatic nitrogens is 2. The molecule has 4 aromatic rings. The molecule has 1 aliphatic rings. The predicted octanol–water partition coefficient (Wildman–Crippen LogP) is 4.28. The summed E-state index contributed by atoms with van der Waals surface area (Å²) in [7, 11) is 1.45. The Balaban J connectivity index is 1.39. The predicted molar refractivity (Wildman–Crippen MR) is 148 cm³/mol. The van der Waals surface area contributed by atoms with Gasteiger partial charge in [0.25, 0.3) is 11.8 Å². The van der Waals surface area contributed by atoms with Crippen LogP contribution in [0.2, 0.25) is 0 Å². The summed E-state index contributed by atoms with van der Waals surface area (Å²) in [5, 5.41) is 16.3. The maximum absolute atomic E-state index is 13.7. The molecule has 2 heterocycles. The fraction of sp³-hybridized carbons (Fsp3) is 0.129. The number of methoxy groups -OCH3 is 1. The number of ether oxygens (including phenoxy) is 1. The van der Waals surface area contributed by atoms with Gasteiger partial charge in [-0.15, -0.1) is 6.42 Å². The molecule has 1 N–H and O–H groups in total. The number of nitrogens with one attached hydrogen (secondary N) is 1. The van der Waals surface area contributed by atoms with Gasteiger partial charge in [0.1, 0.15) is 17.5 Å². The van der Waals surface area contributed by atoms with Crippen LogP contribution in [0.25, 0.3) is 0 Å².